The summed E-state index contributed by atoms with van der Waals surface area (Å²) in [4.78, 5) is 26.3. The molecule has 174 valence electrons. The Morgan fingerprint density at radius 2 is 1.56 bits per heavy atom. The maximum atomic E-state index is 13.5. The van der Waals surface area contributed by atoms with Crippen molar-refractivity contribution in [2.75, 3.05) is 11.9 Å². The van der Waals surface area contributed by atoms with Gasteiger partial charge in [-0.15, -0.1) is 0 Å². The third-order valence-corrected chi connectivity index (χ3v) is 6.03. The molecule has 1 amide bonds. The van der Waals surface area contributed by atoms with Gasteiger partial charge in [-0.25, -0.2) is 0 Å². The zero-order chi connectivity index (χ0) is 24.6. The van der Waals surface area contributed by atoms with E-state index in [-0.39, 0.29) is 29.5 Å². The number of hydrogen-bond acceptors (Lipinski definition) is 4. The van der Waals surface area contributed by atoms with Crippen LogP contribution < -0.4 is 15.5 Å². The van der Waals surface area contributed by atoms with E-state index in [2.05, 4.69) is 5.32 Å². The Hall–Kier alpha value is -3.57. The van der Waals surface area contributed by atoms with Crippen LogP contribution in [0.15, 0.2) is 57.7 Å². The van der Waals surface area contributed by atoms with Crippen molar-refractivity contribution in [2.24, 2.45) is 0 Å². The van der Waals surface area contributed by atoms with Crippen LogP contribution in [0.5, 0.6) is 5.75 Å². The molecule has 0 aliphatic rings. The molecule has 0 saturated carbocycles. The van der Waals surface area contributed by atoms with Gasteiger partial charge in [0.15, 0.2) is 12.4 Å². The van der Waals surface area contributed by atoms with E-state index in [1.54, 1.807) is 24.3 Å². The molecule has 3 aromatic carbocycles. The van der Waals surface area contributed by atoms with Crippen molar-refractivity contribution in [3.63, 3.8) is 0 Å². The number of amides is 1. The Morgan fingerprint density at radius 1 is 0.941 bits per heavy atom. The van der Waals surface area contributed by atoms with Crippen LogP contribution in [-0.4, -0.2) is 12.5 Å². The van der Waals surface area contributed by atoms with E-state index >= 15 is 0 Å². The number of nitrogens with one attached hydrogen (secondary N) is 1. The van der Waals surface area contributed by atoms with E-state index < -0.39 is 0 Å². The van der Waals surface area contributed by atoms with E-state index in [1.165, 1.54) is 0 Å². The summed E-state index contributed by atoms with van der Waals surface area (Å²) in [5.74, 6) is -0.219. The Balaban J connectivity index is 1.75. The summed E-state index contributed by atoms with van der Waals surface area (Å²) in [6.07, 6.45) is 0. The zero-order valence-electron chi connectivity index (χ0n) is 19.8. The number of hydrogen-bond donors (Lipinski definition) is 1. The van der Waals surface area contributed by atoms with Gasteiger partial charge in [-0.1, -0.05) is 47.5 Å². The van der Waals surface area contributed by atoms with Crippen molar-refractivity contribution in [3.8, 4) is 17.1 Å². The first-order valence-electron chi connectivity index (χ1n) is 11.0. The fourth-order valence-electron chi connectivity index (χ4n) is 4.32. The molecular weight excluding hydrogens is 450 g/mol. The number of fused-ring (bicyclic) bond motifs is 1. The molecule has 1 N–H and O–H groups in total. The number of anilines is 1. The lowest BCUT2D eigenvalue weighted by atomic mass is 10.0. The Morgan fingerprint density at radius 3 is 2.24 bits per heavy atom. The normalized spacial score (nSPS) is 11.0. The monoisotopic (exact) mass is 475 g/mol. The zero-order valence-corrected chi connectivity index (χ0v) is 20.6. The predicted molar refractivity (Wildman–Crippen MR) is 137 cm³/mol. The fraction of sp³-hybridized carbons (Fsp3) is 0.214. The molecule has 5 nitrogen and oxygen atoms in total. The maximum absolute atomic E-state index is 13.5. The minimum atomic E-state index is -0.375. The Kier molecular flexibility index (Phi) is 6.49. The molecule has 4 aromatic rings. The molecule has 0 spiro atoms. The highest BCUT2D eigenvalue weighted by Gasteiger charge is 2.22. The lowest BCUT2D eigenvalue weighted by Crippen LogP contribution is -2.23. The lowest BCUT2D eigenvalue weighted by molar-refractivity contribution is -0.118. The average molecular weight is 476 g/mol. The van der Waals surface area contributed by atoms with Gasteiger partial charge >= 0.3 is 0 Å². The fourth-order valence-corrected chi connectivity index (χ4v) is 4.54. The number of aryl methyl sites for hydroxylation is 5. The number of benzene rings is 3. The van der Waals surface area contributed by atoms with Gasteiger partial charge in [-0.05, 0) is 75.1 Å². The average Bonchev–Trinajstić information content (AvgIpc) is 2.75. The molecule has 0 atom stereocenters. The van der Waals surface area contributed by atoms with Crippen molar-refractivity contribution in [1.29, 1.82) is 0 Å². The van der Waals surface area contributed by atoms with Crippen LogP contribution in [0.1, 0.15) is 27.8 Å². The SMILES string of the molecule is Cc1cc(C)c(NC(=O)COc2c(-c3ccccc3Cl)oc3cc(C)cc(C)c3c2=O)c(C)c1. The van der Waals surface area contributed by atoms with Gasteiger partial charge in [0.25, 0.3) is 5.91 Å². The van der Waals surface area contributed by atoms with Crippen LogP contribution in [0.25, 0.3) is 22.3 Å². The molecule has 0 bridgehead atoms. The molecule has 1 heterocycles. The summed E-state index contributed by atoms with van der Waals surface area (Å²) in [6, 6.07) is 14.8. The highest BCUT2D eigenvalue weighted by molar-refractivity contribution is 6.33. The van der Waals surface area contributed by atoms with Crippen LogP contribution in [0.2, 0.25) is 5.02 Å². The third kappa shape index (κ3) is 4.57. The summed E-state index contributed by atoms with van der Waals surface area (Å²) in [5, 5.41) is 3.73. The first kappa shape index (κ1) is 23.6. The van der Waals surface area contributed by atoms with Crippen molar-refractivity contribution >= 4 is 34.2 Å². The van der Waals surface area contributed by atoms with Crippen molar-refractivity contribution in [1.82, 2.24) is 0 Å². The molecule has 0 radical (unpaired) electrons. The minimum absolute atomic E-state index is 0.0416. The van der Waals surface area contributed by atoms with Crippen LogP contribution in [0.3, 0.4) is 0 Å². The van der Waals surface area contributed by atoms with Crippen molar-refractivity contribution in [3.05, 3.63) is 91.6 Å². The predicted octanol–water partition coefficient (Wildman–Crippen LogP) is 6.67. The standard InChI is InChI=1S/C28H26ClNO4/c1-15-11-18(4)25(19(5)12-15)30-23(31)14-33-28-26(32)24-17(3)10-16(2)13-22(24)34-27(28)20-8-6-7-9-21(20)29/h6-13H,14H2,1-5H3,(H,30,31). The van der Waals surface area contributed by atoms with Gasteiger partial charge in [0.1, 0.15) is 5.58 Å². The molecule has 0 saturated heterocycles. The van der Waals surface area contributed by atoms with Crippen LogP contribution in [-0.2, 0) is 4.79 Å². The quantitative estimate of drug-likeness (QED) is 0.350. The number of carbonyl (C=O) groups excluding carboxylic acids is 1. The number of halogens is 1. The molecule has 1 aromatic heterocycles. The number of rotatable bonds is 5. The molecule has 0 aliphatic carbocycles. The first-order chi connectivity index (χ1) is 16.2. The molecule has 6 heteroatoms. The van der Waals surface area contributed by atoms with Gasteiger partial charge in [0.2, 0.25) is 11.2 Å². The highest BCUT2D eigenvalue weighted by atomic mass is 35.5. The van der Waals surface area contributed by atoms with Gasteiger partial charge < -0.3 is 14.5 Å². The molecule has 0 unspecified atom stereocenters. The lowest BCUT2D eigenvalue weighted by Gasteiger charge is -2.15. The van der Waals surface area contributed by atoms with Crippen molar-refractivity contribution < 1.29 is 13.9 Å². The first-order valence-corrected chi connectivity index (χ1v) is 11.4. The van der Waals surface area contributed by atoms with E-state index in [0.717, 1.165) is 33.5 Å². The summed E-state index contributed by atoms with van der Waals surface area (Å²) < 4.78 is 12.0. The second-order valence-electron chi connectivity index (χ2n) is 8.63. The molecule has 4 rings (SSSR count). The second-order valence-corrected chi connectivity index (χ2v) is 9.04. The Labute approximate surface area is 203 Å². The smallest absolute Gasteiger partial charge is 0.262 e. The third-order valence-electron chi connectivity index (χ3n) is 5.70. The highest BCUT2D eigenvalue weighted by Crippen LogP contribution is 2.36. The van der Waals surface area contributed by atoms with E-state index in [4.69, 9.17) is 20.8 Å². The topological polar surface area (TPSA) is 68.5 Å². The minimum Gasteiger partial charge on any atom is -0.476 e. The molecule has 34 heavy (non-hydrogen) atoms. The summed E-state index contributed by atoms with van der Waals surface area (Å²) >= 11 is 6.42. The van der Waals surface area contributed by atoms with E-state index in [9.17, 15) is 9.59 Å². The second kappa shape index (κ2) is 9.35. The summed E-state index contributed by atoms with van der Waals surface area (Å²) in [7, 11) is 0. The largest absolute Gasteiger partial charge is 0.476 e. The van der Waals surface area contributed by atoms with Gasteiger partial charge in [-0.3, -0.25) is 9.59 Å². The van der Waals surface area contributed by atoms with E-state index in [0.29, 0.717) is 21.6 Å². The molecule has 0 aliphatic heterocycles. The van der Waals surface area contributed by atoms with Crippen LogP contribution in [0, 0.1) is 34.6 Å². The van der Waals surface area contributed by atoms with E-state index in [1.807, 2.05) is 58.9 Å². The van der Waals surface area contributed by atoms with Crippen LogP contribution >= 0.6 is 11.6 Å². The summed E-state index contributed by atoms with van der Waals surface area (Å²) in [6.45, 7) is 9.31. The number of ether oxygens (including phenoxy) is 1. The van der Waals surface area contributed by atoms with Gasteiger partial charge in [0, 0.05) is 11.3 Å². The summed E-state index contributed by atoms with van der Waals surface area (Å²) in [5.41, 5.74) is 6.13. The maximum Gasteiger partial charge on any atom is 0.262 e. The van der Waals surface area contributed by atoms with Crippen LogP contribution in [0.4, 0.5) is 5.69 Å². The van der Waals surface area contributed by atoms with Gasteiger partial charge in [0.05, 0.1) is 10.4 Å². The van der Waals surface area contributed by atoms with Gasteiger partial charge in [-0.2, -0.15) is 0 Å². The Bertz CT molecular complexity index is 1460. The molecular formula is C28H26ClNO4. The van der Waals surface area contributed by atoms with Crippen molar-refractivity contribution in [2.45, 2.75) is 34.6 Å². The molecule has 0 fully saturated rings. The number of carbonyl (C=O) groups is 1.